The number of hydrogen-bond donors (Lipinski definition) is 2. The quantitative estimate of drug-likeness (QED) is 0.468. The number of rotatable bonds is 2. The van der Waals surface area contributed by atoms with Crippen LogP contribution in [-0.4, -0.2) is 28.7 Å². The summed E-state index contributed by atoms with van der Waals surface area (Å²) in [6, 6.07) is 0. The molecule has 186 valence electrons. The van der Waals surface area contributed by atoms with Crippen molar-refractivity contribution >= 4 is 0 Å². The molecule has 0 amide bonds. The van der Waals surface area contributed by atoms with E-state index in [2.05, 4.69) is 47.6 Å². The Morgan fingerprint density at radius 1 is 0.818 bits per heavy atom. The highest BCUT2D eigenvalue weighted by molar-refractivity contribution is 5.30. The van der Waals surface area contributed by atoms with Crippen molar-refractivity contribution < 1.29 is 14.9 Å². The van der Waals surface area contributed by atoms with Crippen molar-refractivity contribution in [3.05, 3.63) is 11.6 Å². The summed E-state index contributed by atoms with van der Waals surface area (Å²) in [5, 5.41) is 21.8. The number of allylic oxidation sites excluding steroid dienone is 1. The van der Waals surface area contributed by atoms with Crippen LogP contribution in [0.3, 0.4) is 0 Å². The van der Waals surface area contributed by atoms with E-state index in [1.807, 2.05) is 0 Å². The third-order valence-electron chi connectivity index (χ3n) is 13.4. The van der Waals surface area contributed by atoms with Crippen LogP contribution in [0.4, 0.5) is 0 Å². The first-order valence-corrected chi connectivity index (χ1v) is 14.1. The molecule has 5 saturated carbocycles. The summed E-state index contributed by atoms with van der Waals surface area (Å²) in [5.41, 5.74) is 3.07. The van der Waals surface area contributed by atoms with E-state index in [9.17, 15) is 10.2 Å². The number of aliphatic hydroxyl groups is 2. The van der Waals surface area contributed by atoms with Crippen molar-refractivity contribution in [1.29, 1.82) is 0 Å². The van der Waals surface area contributed by atoms with Gasteiger partial charge in [-0.2, -0.15) is 0 Å². The highest BCUT2D eigenvalue weighted by Crippen LogP contribution is 2.89. The maximum absolute atomic E-state index is 11.0. The monoisotopic (exact) mass is 456 g/mol. The van der Waals surface area contributed by atoms with Crippen molar-refractivity contribution in [2.45, 2.75) is 124 Å². The molecule has 1 aliphatic heterocycles. The summed E-state index contributed by atoms with van der Waals surface area (Å²) < 4.78 is 6.05. The van der Waals surface area contributed by atoms with Crippen LogP contribution in [0.5, 0.6) is 0 Å². The third-order valence-corrected chi connectivity index (χ3v) is 13.4. The van der Waals surface area contributed by atoms with Crippen LogP contribution in [0, 0.1) is 50.7 Å². The summed E-state index contributed by atoms with van der Waals surface area (Å²) in [5.74, 6) is 2.37. The van der Waals surface area contributed by atoms with E-state index >= 15 is 0 Å². The molecule has 0 bridgehead atoms. The zero-order valence-electron chi connectivity index (χ0n) is 22.0. The lowest BCUT2D eigenvalue weighted by Gasteiger charge is -2.63. The molecule has 5 aliphatic carbocycles. The van der Waals surface area contributed by atoms with Gasteiger partial charge in [-0.1, -0.05) is 39.3 Å². The molecule has 6 aliphatic rings. The highest BCUT2D eigenvalue weighted by Gasteiger charge is 2.82. The third kappa shape index (κ3) is 2.69. The zero-order chi connectivity index (χ0) is 23.6. The SMILES string of the molecule is CC(C)=C[C@H]1C[C@H]([C@H]2CC[C@@]3(C)[C@@H]4CC[C@H]5C(C)(C)[C@@H](O)CC[C@@]56C[C@@]46CC[C@]23C)[C@H](O)O1. The van der Waals surface area contributed by atoms with Gasteiger partial charge in [0.25, 0.3) is 0 Å². The second-order valence-electron chi connectivity index (χ2n) is 14.7. The Kier molecular flexibility index (Phi) is 4.81. The molecule has 0 aromatic heterocycles. The van der Waals surface area contributed by atoms with Gasteiger partial charge in [-0.3, -0.25) is 0 Å². The Hall–Kier alpha value is -0.380. The van der Waals surface area contributed by atoms with Crippen LogP contribution in [0.1, 0.15) is 106 Å². The normalized spacial score (nSPS) is 58.6. The lowest BCUT2D eigenvalue weighted by Crippen LogP contribution is -2.57. The van der Waals surface area contributed by atoms with E-state index < -0.39 is 6.29 Å². The number of hydrogen-bond acceptors (Lipinski definition) is 3. The molecule has 3 nitrogen and oxygen atoms in total. The summed E-state index contributed by atoms with van der Waals surface area (Å²) in [7, 11) is 0. The smallest absolute Gasteiger partial charge is 0.158 e. The summed E-state index contributed by atoms with van der Waals surface area (Å²) in [6.07, 6.45) is 14.2. The van der Waals surface area contributed by atoms with Gasteiger partial charge in [-0.25, -0.2) is 0 Å². The van der Waals surface area contributed by atoms with E-state index in [1.165, 1.54) is 56.9 Å². The molecule has 1 heterocycles. The van der Waals surface area contributed by atoms with E-state index in [1.54, 1.807) is 0 Å². The highest BCUT2D eigenvalue weighted by atomic mass is 16.6. The van der Waals surface area contributed by atoms with Gasteiger partial charge in [0.2, 0.25) is 0 Å². The summed E-state index contributed by atoms with van der Waals surface area (Å²) in [4.78, 5) is 0. The first-order valence-electron chi connectivity index (χ1n) is 14.1. The second-order valence-corrected chi connectivity index (χ2v) is 14.7. The predicted molar refractivity (Wildman–Crippen MR) is 131 cm³/mol. The average Bonchev–Trinajstić information content (AvgIpc) is 3.15. The topological polar surface area (TPSA) is 49.7 Å². The molecule has 0 radical (unpaired) electrons. The van der Waals surface area contributed by atoms with Crippen molar-refractivity contribution in [2.75, 3.05) is 0 Å². The van der Waals surface area contributed by atoms with Crippen molar-refractivity contribution in [2.24, 2.45) is 50.7 Å². The molecule has 0 aromatic carbocycles. The summed E-state index contributed by atoms with van der Waals surface area (Å²) >= 11 is 0. The van der Waals surface area contributed by atoms with Crippen molar-refractivity contribution in [3.63, 3.8) is 0 Å². The maximum Gasteiger partial charge on any atom is 0.158 e. The van der Waals surface area contributed by atoms with E-state index in [-0.39, 0.29) is 23.5 Å². The Labute approximate surface area is 201 Å². The molecular formula is C30H48O3. The molecule has 6 rings (SSSR count). The predicted octanol–water partition coefficient (Wildman–Crippen LogP) is 6.48. The lowest BCUT2D eigenvalue weighted by atomic mass is 9.41. The first kappa shape index (κ1) is 23.0. The van der Waals surface area contributed by atoms with Gasteiger partial charge in [-0.15, -0.1) is 0 Å². The molecular weight excluding hydrogens is 408 g/mol. The van der Waals surface area contributed by atoms with Crippen LogP contribution in [0.25, 0.3) is 0 Å². The minimum absolute atomic E-state index is 0.0673. The van der Waals surface area contributed by atoms with Gasteiger partial charge < -0.3 is 14.9 Å². The minimum Gasteiger partial charge on any atom is -0.393 e. The Balaban J connectivity index is 1.30. The van der Waals surface area contributed by atoms with E-state index in [4.69, 9.17) is 4.74 Å². The molecule has 33 heavy (non-hydrogen) atoms. The zero-order valence-corrected chi connectivity index (χ0v) is 22.0. The maximum atomic E-state index is 11.0. The Morgan fingerprint density at radius 2 is 1.52 bits per heavy atom. The first-order chi connectivity index (χ1) is 15.4. The molecule has 0 unspecified atom stereocenters. The fourth-order valence-corrected chi connectivity index (χ4v) is 11.6. The molecule has 0 aromatic rings. The van der Waals surface area contributed by atoms with Gasteiger partial charge in [0.05, 0.1) is 12.2 Å². The molecule has 1 saturated heterocycles. The van der Waals surface area contributed by atoms with E-state index in [0.717, 1.165) is 18.8 Å². The van der Waals surface area contributed by atoms with E-state index in [0.29, 0.717) is 33.5 Å². The Morgan fingerprint density at radius 3 is 2.24 bits per heavy atom. The van der Waals surface area contributed by atoms with Gasteiger partial charge >= 0.3 is 0 Å². The molecule has 3 heteroatoms. The fraction of sp³-hybridized carbons (Fsp3) is 0.933. The number of fused-ring (bicyclic) bond motifs is 2. The molecule has 6 fully saturated rings. The minimum atomic E-state index is -0.603. The van der Waals surface area contributed by atoms with Crippen LogP contribution in [0.2, 0.25) is 0 Å². The Bertz CT molecular complexity index is 859. The van der Waals surface area contributed by atoms with Gasteiger partial charge in [0.15, 0.2) is 6.29 Å². The second kappa shape index (κ2) is 6.88. The summed E-state index contributed by atoms with van der Waals surface area (Å²) in [6.45, 7) is 14.2. The van der Waals surface area contributed by atoms with Crippen molar-refractivity contribution in [3.8, 4) is 0 Å². The van der Waals surface area contributed by atoms with Crippen molar-refractivity contribution in [1.82, 2.24) is 0 Å². The van der Waals surface area contributed by atoms with Crippen LogP contribution in [-0.2, 0) is 4.74 Å². The van der Waals surface area contributed by atoms with Gasteiger partial charge in [-0.05, 0) is 123 Å². The van der Waals surface area contributed by atoms with Crippen LogP contribution in [0.15, 0.2) is 11.6 Å². The van der Waals surface area contributed by atoms with Crippen LogP contribution < -0.4 is 0 Å². The molecule has 11 atom stereocenters. The van der Waals surface area contributed by atoms with Crippen LogP contribution >= 0.6 is 0 Å². The molecule has 2 N–H and O–H groups in total. The average molecular weight is 457 g/mol. The number of aliphatic hydroxyl groups excluding tert-OH is 2. The standard InChI is InChI=1S/C30H48O3/c1-18(2)15-19-16-20(25(32)33-19)21-9-11-28(6)23-8-7-22-26(3,4)24(31)10-12-29(22)17-30(23,29)14-13-27(21,28)5/h15,19-25,31-32H,7-14,16-17H2,1-6H3/t19-,20+,21+,22-,23-,24-,25+,27+,28-,29+,30-/m0/s1. The van der Waals surface area contributed by atoms with Gasteiger partial charge in [0, 0.05) is 5.92 Å². The fourth-order valence-electron chi connectivity index (χ4n) is 11.6. The largest absolute Gasteiger partial charge is 0.393 e. The van der Waals surface area contributed by atoms with Gasteiger partial charge in [0.1, 0.15) is 0 Å². The molecule has 2 spiro atoms. The lowest BCUT2D eigenvalue weighted by molar-refractivity contribution is -0.170. The number of ether oxygens (including phenoxy) is 1.